The molecule has 146 valence electrons. The Morgan fingerprint density at radius 3 is 2.46 bits per heavy atom. The highest BCUT2D eigenvalue weighted by atomic mass is 16.5. The molecule has 3 rings (SSSR count). The lowest BCUT2D eigenvalue weighted by atomic mass is 10.0. The molecule has 0 aliphatic heterocycles. The monoisotopic (exact) mass is 379 g/mol. The molecule has 28 heavy (non-hydrogen) atoms. The summed E-state index contributed by atoms with van der Waals surface area (Å²) in [5.41, 5.74) is 4.31. The van der Waals surface area contributed by atoms with Crippen molar-refractivity contribution in [3.8, 4) is 22.8 Å². The molecule has 0 spiro atoms. The highest BCUT2D eigenvalue weighted by Crippen LogP contribution is 2.30. The smallest absolute Gasteiger partial charge is 0.255 e. The zero-order valence-corrected chi connectivity index (χ0v) is 16.6. The zero-order valence-electron chi connectivity index (χ0n) is 16.6. The summed E-state index contributed by atoms with van der Waals surface area (Å²) in [4.78, 5) is 12.9. The number of rotatable bonds is 7. The predicted octanol–water partition coefficient (Wildman–Crippen LogP) is 4.15. The summed E-state index contributed by atoms with van der Waals surface area (Å²) in [7, 11) is 3.18. The van der Waals surface area contributed by atoms with Gasteiger partial charge in [0.15, 0.2) is 11.5 Å². The van der Waals surface area contributed by atoms with Gasteiger partial charge < -0.3 is 14.8 Å². The second kappa shape index (κ2) is 8.61. The van der Waals surface area contributed by atoms with Crippen LogP contribution in [-0.4, -0.2) is 30.3 Å². The fourth-order valence-electron chi connectivity index (χ4n) is 3.07. The number of nitrogens with zero attached hydrogens (tertiary/aromatic N) is 1. The predicted molar refractivity (Wildman–Crippen MR) is 109 cm³/mol. The average molecular weight is 379 g/mol. The number of carbonyl (C=O) groups is 1. The normalized spacial score (nSPS) is 11.7. The van der Waals surface area contributed by atoms with Crippen molar-refractivity contribution in [3.63, 3.8) is 0 Å². The van der Waals surface area contributed by atoms with E-state index < -0.39 is 0 Å². The van der Waals surface area contributed by atoms with Crippen LogP contribution >= 0.6 is 0 Å². The summed E-state index contributed by atoms with van der Waals surface area (Å²) in [5.74, 6) is 1.09. The maximum Gasteiger partial charge on any atom is 0.255 e. The van der Waals surface area contributed by atoms with Gasteiger partial charge in [0.25, 0.3) is 5.91 Å². The first-order valence-electron chi connectivity index (χ1n) is 9.22. The molecule has 0 bridgehead atoms. The minimum atomic E-state index is -0.211. The molecule has 6 nitrogen and oxygen atoms in total. The van der Waals surface area contributed by atoms with E-state index in [1.165, 1.54) is 5.56 Å². The van der Waals surface area contributed by atoms with Crippen LogP contribution in [0.1, 0.15) is 41.4 Å². The van der Waals surface area contributed by atoms with Crippen molar-refractivity contribution >= 4 is 5.91 Å². The van der Waals surface area contributed by atoms with Crippen molar-refractivity contribution < 1.29 is 14.3 Å². The number of hydrogen-bond acceptors (Lipinski definition) is 4. The summed E-state index contributed by atoms with van der Waals surface area (Å²) >= 11 is 0. The van der Waals surface area contributed by atoms with Gasteiger partial charge in [-0.1, -0.05) is 37.3 Å². The minimum absolute atomic E-state index is 0.189. The molecule has 0 saturated carbocycles. The third-order valence-electron chi connectivity index (χ3n) is 4.79. The number of aromatic amines is 1. The van der Waals surface area contributed by atoms with E-state index in [0.29, 0.717) is 22.8 Å². The molecule has 3 aromatic rings. The zero-order chi connectivity index (χ0) is 20.1. The lowest BCUT2D eigenvalue weighted by Crippen LogP contribution is -2.26. The van der Waals surface area contributed by atoms with E-state index >= 15 is 0 Å². The topological polar surface area (TPSA) is 76.2 Å². The molecule has 1 heterocycles. The first-order valence-corrected chi connectivity index (χ1v) is 9.22. The Balaban J connectivity index is 1.79. The Hall–Kier alpha value is -3.28. The van der Waals surface area contributed by atoms with Crippen molar-refractivity contribution in [2.24, 2.45) is 0 Å². The van der Waals surface area contributed by atoms with Crippen LogP contribution in [0.2, 0.25) is 0 Å². The van der Waals surface area contributed by atoms with E-state index in [-0.39, 0.29) is 11.9 Å². The number of H-pyrrole nitrogens is 1. The number of benzene rings is 2. The third-order valence-corrected chi connectivity index (χ3v) is 4.79. The lowest BCUT2D eigenvalue weighted by Gasteiger charge is -2.16. The second-order valence-electron chi connectivity index (χ2n) is 6.52. The number of aryl methyl sites for hydroxylation is 1. The van der Waals surface area contributed by atoms with Gasteiger partial charge in [0, 0.05) is 5.56 Å². The van der Waals surface area contributed by atoms with Gasteiger partial charge in [0.1, 0.15) is 0 Å². The van der Waals surface area contributed by atoms with Crippen LogP contribution in [0.3, 0.4) is 0 Å². The fourth-order valence-corrected chi connectivity index (χ4v) is 3.07. The Morgan fingerprint density at radius 1 is 1.11 bits per heavy atom. The number of methoxy groups -OCH3 is 2. The van der Waals surface area contributed by atoms with Crippen LogP contribution < -0.4 is 14.8 Å². The van der Waals surface area contributed by atoms with Gasteiger partial charge in [-0.2, -0.15) is 5.10 Å². The minimum Gasteiger partial charge on any atom is -0.493 e. The largest absolute Gasteiger partial charge is 0.493 e. The molecule has 2 N–H and O–H groups in total. The average Bonchev–Trinajstić information content (AvgIpc) is 3.23. The van der Waals surface area contributed by atoms with Gasteiger partial charge in [0.05, 0.1) is 37.7 Å². The number of amides is 1. The van der Waals surface area contributed by atoms with Gasteiger partial charge in [-0.3, -0.25) is 9.89 Å². The number of carbonyl (C=O) groups excluding carboxylic acids is 1. The molecule has 1 aromatic heterocycles. The fraction of sp³-hybridized carbons (Fsp3) is 0.273. The molecule has 1 atom stereocenters. The summed E-state index contributed by atoms with van der Waals surface area (Å²) in [5, 5.41) is 10.0. The third kappa shape index (κ3) is 4.01. The summed E-state index contributed by atoms with van der Waals surface area (Å²) in [6, 6.07) is 13.5. The molecule has 0 saturated heterocycles. The number of ether oxygens (including phenoxy) is 2. The number of aromatic nitrogens is 2. The molecule has 0 aliphatic carbocycles. The van der Waals surface area contributed by atoms with E-state index in [0.717, 1.165) is 17.5 Å². The van der Waals surface area contributed by atoms with E-state index in [9.17, 15) is 4.79 Å². The summed E-state index contributed by atoms with van der Waals surface area (Å²) < 4.78 is 10.6. The highest BCUT2D eigenvalue weighted by molar-refractivity contribution is 5.99. The van der Waals surface area contributed by atoms with Gasteiger partial charge in [-0.15, -0.1) is 0 Å². The number of nitrogens with one attached hydrogen (secondary N) is 2. The van der Waals surface area contributed by atoms with Crippen molar-refractivity contribution in [2.75, 3.05) is 14.2 Å². The molecule has 2 aromatic carbocycles. The van der Waals surface area contributed by atoms with Gasteiger partial charge in [-0.05, 0) is 36.6 Å². The Labute approximate surface area is 164 Å². The van der Waals surface area contributed by atoms with Crippen LogP contribution in [0.5, 0.6) is 11.5 Å². The van der Waals surface area contributed by atoms with Crippen molar-refractivity contribution in [2.45, 2.75) is 26.3 Å². The van der Waals surface area contributed by atoms with Crippen molar-refractivity contribution in [1.82, 2.24) is 15.5 Å². The summed E-state index contributed by atoms with van der Waals surface area (Å²) in [6.07, 6.45) is 2.53. The van der Waals surface area contributed by atoms with Crippen LogP contribution in [0.15, 0.2) is 48.7 Å². The van der Waals surface area contributed by atoms with E-state index in [4.69, 9.17) is 9.47 Å². The molecule has 0 fully saturated rings. The second-order valence-corrected chi connectivity index (χ2v) is 6.52. The standard InChI is InChI=1S/C22H25N3O3/c1-5-15-6-8-16(9-7-15)21-18(13-23-25-21)22(26)24-14(2)17-10-11-19(27-3)20(12-17)28-4/h6-14H,5H2,1-4H3,(H,23,25)(H,24,26)/t14-/m0/s1. The quantitative estimate of drug-likeness (QED) is 0.647. The first-order chi connectivity index (χ1) is 13.6. The molecular formula is C22H25N3O3. The maximum absolute atomic E-state index is 12.9. The van der Waals surface area contributed by atoms with E-state index in [2.05, 4.69) is 34.6 Å². The highest BCUT2D eigenvalue weighted by Gasteiger charge is 2.18. The van der Waals surface area contributed by atoms with E-state index in [1.54, 1.807) is 20.4 Å². The Kier molecular flexibility index (Phi) is 5.99. The molecule has 0 unspecified atom stereocenters. The van der Waals surface area contributed by atoms with Crippen molar-refractivity contribution in [1.29, 1.82) is 0 Å². The van der Waals surface area contributed by atoms with Crippen molar-refractivity contribution in [3.05, 3.63) is 65.4 Å². The van der Waals surface area contributed by atoms with Crippen LogP contribution in [-0.2, 0) is 6.42 Å². The summed E-state index contributed by atoms with van der Waals surface area (Å²) in [6.45, 7) is 4.04. The van der Waals surface area contributed by atoms with Gasteiger partial charge in [-0.25, -0.2) is 0 Å². The van der Waals surface area contributed by atoms with E-state index in [1.807, 2.05) is 37.3 Å². The first kappa shape index (κ1) is 19.5. The molecule has 0 radical (unpaired) electrons. The lowest BCUT2D eigenvalue weighted by molar-refractivity contribution is 0.0940. The number of hydrogen-bond donors (Lipinski definition) is 2. The molecule has 0 aliphatic rings. The Morgan fingerprint density at radius 2 is 1.82 bits per heavy atom. The molecular weight excluding hydrogens is 354 g/mol. The van der Waals surface area contributed by atoms with Crippen LogP contribution in [0.25, 0.3) is 11.3 Å². The SMILES string of the molecule is CCc1ccc(-c2[nH]ncc2C(=O)N[C@@H](C)c2ccc(OC)c(OC)c2)cc1. The van der Waals surface area contributed by atoms with Gasteiger partial charge in [0.2, 0.25) is 0 Å². The maximum atomic E-state index is 12.9. The molecule has 6 heteroatoms. The van der Waals surface area contributed by atoms with Crippen LogP contribution in [0, 0.1) is 0 Å². The Bertz CT molecular complexity index is 948. The van der Waals surface area contributed by atoms with Gasteiger partial charge >= 0.3 is 0 Å². The molecule has 1 amide bonds. The van der Waals surface area contributed by atoms with Crippen LogP contribution in [0.4, 0.5) is 0 Å².